The van der Waals surface area contributed by atoms with Gasteiger partial charge in [0.05, 0.1) is 11.3 Å². The van der Waals surface area contributed by atoms with Gasteiger partial charge < -0.3 is 10.6 Å². The molecule has 1 heterocycles. The number of carbonyl (C=O) groups is 1. The second-order valence-corrected chi connectivity index (χ2v) is 4.68. The highest BCUT2D eigenvalue weighted by molar-refractivity contribution is 5.99. The molecule has 0 unspecified atom stereocenters. The summed E-state index contributed by atoms with van der Waals surface area (Å²) in [5.74, 6) is -0.0287. The number of hydrogen-bond acceptors (Lipinski definition) is 2. The molecule has 1 saturated heterocycles. The van der Waals surface area contributed by atoms with E-state index in [0.29, 0.717) is 5.92 Å². The third kappa shape index (κ3) is 2.40. The van der Waals surface area contributed by atoms with Crippen LogP contribution in [-0.4, -0.2) is 23.9 Å². The largest absolute Gasteiger partial charge is 0.396 e. The normalized spacial score (nSPS) is 17.2. The van der Waals surface area contributed by atoms with Crippen molar-refractivity contribution in [2.24, 2.45) is 5.92 Å². The van der Waals surface area contributed by atoms with Gasteiger partial charge in [0.25, 0.3) is 5.91 Å². The summed E-state index contributed by atoms with van der Waals surface area (Å²) in [5, 5.41) is 0. The number of amides is 1. The van der Waals surface area contributed by atoms with Gasteiger partial charge in [-0.05, 0) is 30.9 Å². The first-order valence-electron chi connectivity index (χ1n) is 5.93. The Morgan fingerprint density at radius 1 is 1.41 bits per heavy atom. The van der Waals surface area contributed by atoms with E-state index in [1.165, 1.54) is 12.1 Å². The number of hydrogen-bond donors (Lipinski definition) is 1. The topological polar surface area (TPSA) is 46.3 Å². The van der Waals surface area contributed by atoms with Crippen LogP contribution in [-0.2, 0) is 0 Å². The van der Waals surface area contributed by atoms with Crippen molar-refractivity contribution in [1.82, 2.24) is 4.90 Å². The molecule has 0 radical (unpaired) electrons. The van der Waals surface area contributed by atoms with Gasteiger partial charge >= 0.3 is 0 Å². The number of likely N-dealkylation sites (tertiary alicyclic amines) is 1. The predicted molar refractivity (Wildman–Crippen MR) is 65.1 cm³/mol. The van der Waals surface area contributed by atoms with E-state index in [1.54, 1.807) is 11.0 Å². The number of anilines is 1. The van der Waals surface area contributed by atoms with Crippen molar-refractivity contribution < 1.29 is 9.18 Å². The molecule has 2 N–H and O–H groups in total. The van der Waals surface area contributed by atoms with Gasteiger partial charge in [-0.2, -0.15) is 0 Å². The van der Waals surface area contributed by atoms with E-state index in [-0.39, 0.29) is 17.2 Å². The van der Waals surface area contributed by atoms with Crippen LogP contribution in [0.2, 0.25) is 0 Å². The summed E-state index contributed by atoms with van der Waals surface area (Å²) in [7, 11) is 0. The average Bonchev–Trinajstić information content (AvgIpc) is 2.33. The minimum atomic E-state index is -0.527. The first kappa shape index (κ1) is 11.9. The van der Waals surface area contributed by atoms with E-state index >= 15 is 0 Å². The smallest absolute Gasteiger partial charge is 0.256 e. The fourth-order valence-corrected chi connectivity index (χ4v) is 2.11. The van der Waals surface area contributed by atoms with Crippen LogP contribution in [0.5, 0.6) is 0 Å². The maximum Gasteiger partial charge on any atom is 0.256 e. The minimum absolute atomic E-state index is 0.0453. The third-order valence-corrected chi connectivity index (χ3v) is 3.35. The van der Waals surface area contributed by atoms with Crippen LogP contribution in [0.3, 0.4) is 0 Å². The molecular formula is C13H17FN2O. The highest BCUT2D eigenvalue weighted by atomic mass is 19.1. The summed E-state index contributed by atoms with van der Waals surface area (Å²) in [4.78, 5) is 13.9. The maximum absolute atomic E-state index is 13.3. The number of piperidine rings is 1. The highest BCUT2D eigenvalue weighted by Crippen LogP contribution is 2.22. The van der Waals surface area contributed by atoms with E-state index in [2.05, 4.69) is 6.92 Å². The summed E-state index contributed by atoms with van der Waals surface area (Å²) in [6.07, 6.45) is 2.00. The Morgan fingerprint density at radius 3 is 2.71 bits per heavy atom. The molecule has 1 aliphatic heterocycles. The lowest BCUT2D eigenvalue weighted by atomic mass is 9.98. The number of benzene rings is 1. The number of nitrogens with two attached hydrogens (primary N) is 1. The van der Waals surface area contributed by atoms with Crippen molar-refractivity contribution in [3.05, 3.63) is 29.6 Å². The number of para-hydroxylation sites is 1. The van der Waals surface area contributed by atoms with Crippen LogP contribution < -0.4 is 5.73 Å². The predicted octanol–water partition coefficient (Wildman–Crippen LogP) is 2.28. The number of halogens is 1. The number of rotatable bonds is 1. The van der Waals surface area contributed by atoms with Gasteiger partial charge in [-0.15, -0.1) is 0 Å². The first-order chi connectivity index (χ1) is 8.09. The van der Waals surface area contributed by atoms with Crippen molar-refractivity contribution in [3.63, 3.8) is 0 Å². The molecule has 0 saturated carbocycles. The van der Waals surface area contributed by atoms with Crippen LogP contribution in [0.4, 0.5) is 10.1 Å². The molecule has 92 valence electrons. The van der Waals surface area contributed by atoms with Crippen LogP contribution in [0.25, 0.3) is 0 Å². The van der Waals surface area contributed by atoms with Crippen molar-refractivity contribution in [2.45, 2.75) is 19.8 Å². The third-order valence-electron chi connectivity index (χ3n) is 3.35. The van der Waals surface area contributed by atoms with Gasteiger partial charge in [0.15, 0.2) is 0 Å². The second-order valence-electron chi connectivity index (χ2n) is 4.68. The molecule has 0 atom stereocenters. The Morgan fingerprint density at radius 2 is 2.06 bits per heavy atom. The Balaban J connectivity index is 2.17. The van der Waals surface area contributed by atoms with Crippen molar-refractivity contribution in [3.8, 4) is 0 Å². The van der Waals surface area contributed by atoms with Crippen LogP contribution >= 0.6 is 0 Å². The van der Waals surface area contributed by atoms with E-state index in [9.17, 15) is 9.18 Å². The molecule has 17 heavy (non-hydrogen) atoms. The van der Waals surface area contributed by atoms with Gasteiger partial charge in [-0.1, -0.05) is 13.0 Å². The summed E-state index contributed by atoms with van der Waals surface area (Å²) >= 11 is 0. The average molecular weight is 236 g/mol. The molecule has 0 aliphatic carbocycles. The molecule has 4 heteroatoms. The number of nitrogens with zero attached hydrogens (tertiary/aromatic N) is 1. The standard InChI is InChI=1S/C13H17FN2O/c1-9-5-7-16(8-6-9)13(17)10-3-2-4-11(14)12(10)15/h2-4,9H,5-8,15H2,1H3. The number of nitrogen functional groups attached to an aromatic ring is 1. The van der Waals surface area contributed by atoms with E-state index < -0.39 is 5.82 Å². The van der Waals surface area contributed by atoms with Crippen molar-refractivity contribution in [1.29, 1.82) is 0 Å². The van der Waals surface area contributed by atoms with Crippen LogP contribution in [0, 0.1) is 11.7 Å². The van der Waals surface area contributed by atoms with Gasteiger partial charge in [0.1, 0.15) is 5.82 Å². The maximum atomic E-state index is 13.3. The van der Waals surface area contributed by atoms with Crippen LogP contribution in [0.1, 0.15) is 30.1 Å². The van der Waals surface area contributed by atoms with Gasteiger partial charge in [0.2, 0.25) is 0 Å². The van der Waals surface area contributed by atoms with Crippen LogP contribution in [0.15, 0.2) is 18.2 Å². The van der Waals surface area contributed by atoms with E-state index in [1.807, 2.05) is 0 Å². The fraction of sp³-hybridized carbons (Fsp3) is 0.462. The number of carbonyl (C=O) groups excluding carboxylic acids is 1. The molecular weight excluding hydrogens is 219 g/mol. The SMILES string of the molecule is CC1CCN(C(=O)c2cccc(F)c2N)CC1. The quantitative estimate of drug-likeness (QED) is 0.760. The fourth-order valence-electron chi connectivity index (χ4n) is 2.11. The Hall–Kier alpha value is -1.58. The molecule has 3 nitrogen and oxygen atoms in total. The lowest BCUT2D eigenvalue weighted by Crippen LogP contribution is -2.38. The Labute approximate surface area is 100 Å². The van der Waals surface area contributed by atoms with Crippen molar-refractivity contribution in [2.75, 3.05) is 18.8 Å². The first-order valence-corrected chi connectivity index (χ1v) is 5.93. The second kappa shape index (κ2) is 4.73. The lowest BCUT2D eigenvalue weighted by molar-refractivity contribution is 0.0698. The molecule has 1 fully saturated rings. The van der Waals surface area contributed by atoms with Gasteiger partial charge in [-0.25, -0.2) is 4.39 Å². The highest BCUT2D eigenvalue weighted by Gasteiger charge is 2.23. The summed E-state index contributed by atoms with van der Waals surface area (Å²) in [6.45, 7) is 3.64. The summed E-state index contributed by atoms with van der Waals surface area (Å²) in [6, 6.07) is 4.37. The molecule has 0 spiro atoms. The van der Waals surface area contributed by atoms with E-state index in [0.717, 1.165) is 25.9 Å². The zero-order valence-electron chi connectivity index (χ0n) is 9.95. The molecule has 2 rings (SSSR count). The molecule has 1 aromatic rings. The monoisotopic (exact) mass is 236 g/mol. The van der Waals surface area contributed by atoms with Gasteiger partial charge in [0, 0.05) is 13.1 Å². The molecule has 0 aromatic heterocycles. The zero-order valence-corrected chi connectivity index (χ0v) is 9.95. The molecule has 0 bridgehead atoms. The van der Waals surface area contributed by atoms with Crippen molar-refractivity contribution >= 4 is 11.6 Å². The summed E-state index contributed by atoms with van der Waals surface area (Å²) < 4.78 is 13.3. The molecule has 1 aliphatic rings. The summed E-state index contributed by atoms with van der Waals surface area (Å²) in [5.41, 5.74) is 5.83. The Bertz CT molecular complexity index is 425. The zero-order chi connectivity index (χ0) is 12.4. The van der Waals surface area contributed by atoms with E-state index in [4.69, 9.17) is 5.73 Å². The molecule has 1 aromatic carbocycles. The van der Waals surface area contributed by atoms with Gasteiger partial charge in [-0.3, -0.25) is 4.79 Å². The lowest BCUT2D eigenvalue weighted by Gasteiger charge is -2.30. The molecule has 1 amide bonds. The Kier molecular flexibility index (Phi) is 3.31. The minimum Gasteiger partial charge on any atom is -0.396 e.